The number of carbonyl (C=O) groups excluding carboxylic acids is 2. The van der Waals surface area contributed by atoms with Crippen LogP contribution in [0.2, 0.25) is 0 Å². The van der Waals surface area contributed by atoms with E-state index in [4.69, 9.17) is 0 Å². The molecule has 0 aliphatic rings. The lowest BCUT2D eigenvalue weighted by Gasteiger charge is -2.31. The molecule has 0 bridgehead atoms. The van der Waals surface area contributed by atoms with Crippen molar-refractivity contribution in [3.63, 3.8) is 0 Å². The molecule has 3 aromatic rings. The minimum absolute atomic E-state index is 0.117. The molecule has 0 saturated heterocycles. The summed E-state index contributed by atoms with van der Waals surface area (Å²) < 4.78 is 80.7. The Morgan fingerprint density at radius 3 is 2.18 bits per heavy atom. The van der Waals surface area contributed by atoms with Crippen LogP contribution in [0, 0.1) is 11.7 Å². The van der Waals surface area contributed by atoms with E-state index >= 15 is 0 Å². The Balaban J connectivity index is 1.97. The molecular weight excluding hydrogens is 536 g/mol. The number of anilines is 1. The smallest absolute Gasteiger partial charge is 0.309 e. The summed E-state index contributed by atoms with van der Waals surface area (Å²) in [6, 6.07) is 16.7. The number of hydrogen-bond donors (Lipinski definition) is 1. The minimum Gasteiger partial charge on any atom is -0.309 e. The SMILES string of the molecule is CC(C)N(C(=O)C(Cc1ccc(F)cc1)C(=O)NS(=O)(=O)/C=C/c1ccccc1)c1cccc(C(F)(F)F)c1. The third kappa shape index (κ3) is 8.25. The molecule has 0 fully saturated rings. The highest BCUT2D eigenvalue weighted by molar-refractivity contribution is 7.93. The Morgan fingerprint density at radius 2 is 1.59 bits per heavy atom. The predicted octanol–water partition coefficient (Wildman–Crippen LogP) is 5.56. The van der Waals surface area contributed by atoms with Crippen molar-refractivity contribution in [3.05, 3.63) is 107 Å². The van der Waals surface area contributed by atoms with Crippen LogP contribution in [0.4, 0.5) is 23.2 Å². The summed E-state index contributed by atoms with van der Waals surface area (Å²) in [6.45, 7) is 3.09. The molecule has 1 unspecified atom stereocenters. The highest BCUT2D eigenvalue weighted by Gasteiger charge is 2.36. The summed E-state index contributed by atoms with van der Waals surface area (Å²) in [5.41, 5.74) is -0.222. The highest BCUT2D eigenvalue weighted by Crippen LogP contribution is 2.33. The molecule has 39 heavy (non-hydrogen) atoms. The first kappa shape index (κ1) is 29.6. The van der Waals surface area contributed by atoms with E-state index in [9.17, 15) is 35.6 Å². The lowest BCUT2D eigenvalue weighted by molar-refractivity contribution is -0.138. The standard InChI is InChI=1S/C28H26F4N2O4S/c1-19(2)34(24-10-6-9-22(18-24)28(30,31)32)27(36)25(17-21-11-13-23(29)14-12-21)26(35)33-39(37,38)16-15-20-7-4-3-5-8-20/h3-16,18-19,25H,17H2,1-2H3,(H,33,35)/b16-15+. The van der Waals surface area contributed by atoms with Crippen molar-refractivity contribution in [1.29, 1.82) is 0 Å². The zero-order valence-corrected chi connectivity index (χ0v) is 21.8. The molecule has 0 saturated carbocycles. The van der Waals surface area contributed by atoms with Crippen molar-refractivity contribution in [2.24, 2.45) is 5.92 Å². The van der Waals surface area contributed by atoms with Gasteiger partial charge in [-0.05, 0) is 67.8 Å². The minimum atomic E-state index is -4.67. The number of amides is 2. The van der Waals surface area contributed by atoms with Crippen molar-refractivity contribution in [2.75, 3.05) is 4.90 Å². The molecule has 206 valence electrons. The highest BCUT2D eigenvalue weighted by atomic mass is 32.2. The zero-order valence-electron chi connectivity index (χ0n) is 21.0. The van der Waals surface area contributed by atoms with Crippen LogP contribution in [0.3, 0.4) is 0 Å². The number of carbonyl (C=O) groups is 2. The average Bonchev–Trinajstić information content (AvgIpc) is 2.87. The predicted molar refractivity (Wildman–Crippen MR) is 140 cm³/mol. The molecule has 0 radical (unpaired) electrons. The first-order valence-electron chi connectivity index (χ1n) is 11.8. The Bertz CT molecular complexity index is 1440. The summed E-state index contributed by atoms with van der Waals surface area (Å²) in [7, 11) is -4.35. The van der Waals surface area contributed by atoms with E-state index in [-0.39, 0.29) is 12.1 Å². The normalized spacial score (nSPS) is 12.9. The molecule has 11 heteroatoms. The number of rotatable bonds is 9. The fourth-order valence-electron chi connectivity index (χ4n) is 3.81. The van der Waals surface area contributed by atoms with Gasteiger partial charge in [0.2, 0.25) is 11.8 Å². The van der Waals surface area contributed by atoms with E-state index in [1.165, 1.54) is 24.3 Å². The largest absolute Gasteiger partial charge is 0.416 e. The van der Waals surface area contributed by atoms with Crippen molar-refractivity contribution in [1.82, 2.24) is 4.72 Å². The van der Waals surface area contributed by atoms with Gasteiger partial charge < -0.3 is 4.90 Å². The van der Waals surface area contributed by atoms with Crippen molar-refractivity contribution >= 4 is 33.6 Å². The van der Waals surface area contributed by atoms with Crippen LogP contribution >= 0.6 is 0 Å². The second-order valence-corrected chi connectivity index (χ2v) is 10.5. The fourth-order valence-corrected chi connectivity index (χ4v) is 4.63. The van der Waals surface area contributed by atoms with Gasteiger partial charge in [-0.3, -0.25) is 9.59 Å². The second kappa shape index (κ2) is 12.2. The summed E-state index contributed by atoms with van der Waals surface area (Å²) in [5, 5.41) is 0.771. The molecule has 3 rings (SSSR count). The van der Waals surface area contributed by atoms with Gasteiger partial charge in [-0.15, -0.1) is 0 Å². The first-order chi connectivity index (χ1) is 18.3. The number of sulfonamides is 1. The molecule has 3 aromatic carbocycles. The maximum atomic E-state index is 13.7. The van der Waals surface area contributed by atoms with Crippen LogP contribution in [0.15, 0.2) is 84.3 Å². The van der Waals surface area contributed by atoms with E-state index in [2.05, 4.69) is 0 Å². The Labute approximate surface area is 224 Å². The maximum absolute atomic E-state index is 13.7. The molecule has 1 N–H and O–H groups in total. The van der Waals surface area contributed by atoms with E-state index < -0.39 is 51.4 Å². The van der Waals surface area contributed by atoms with E-state index in [0.29, 0.717) is 11.1 Å². The lowest BCUT2D eigenvalue weighted by atomic mass is 9.96. The monoisotopic (exact) mass is 562 g/mol. The summed E-state index contributed by atoms with van der Waals surface area (Å²) in [4.78, 5) is 28.0. The van der Waals surface area contributed by atoms with Gasteiger partial charge in [-0.1, -0.05) is 48.5 Å². The molecule has 0 aromatic heterocycles. The van der Waals surface area contributed by atoms with Crippen molar-refractivity contribution < 1.29 is 35.6 Å². The molecule has 2 amide bonds. The van der Waals surface area contributed by atoms with Gasteiger partial charge in [0.1, 0.15) is 11.7 Å². The zero-order chi connectivity index (χ0) is 28.8. The van der Waals surface area contributed by atoms with Gasteiger partial charge in [0, 0.05) is 11.7 Å². The van der Waals surface area contributed by atoms with Crippen LogP contribution in [0.1, 0.15) is 30.5 Å². The first-order valence-corrected chi connectivity index (χ1v) is 13.4. The van der Waals surface area contributed by atoms with Gasteiger partial charge in [0.05, 0.1) is 11.0 Å². The van der Waals surface area contributed by atoms with Crippen LogP contribution < -0.4 is 9.62 Å². The molecular formula is C28H26F4N2O4S. The topological polar surface area (TPSA) is 83.6 Å². The number of alkyl halides is 3. The quantitative estimate of drug-likeness (QED) is 0.273. The lowest BCUT2D eigenvalue weighted by Crippen LogP contribution is -2.48. The summed E-state index contributed by atoms with van der Waals surface area (Å²) >= 11 is 0. The van der Waals surface area contributed by atoms with Gasteiger partial charge in [-0.25, -0.2) is 17.5 Å². The average molecular weight is 563 g/mol. The van der Waals surface area contributed by atoms with Crippen LogP contribution in [0.5, 0.6) is 0 Å². The Kier molecular flexibility index (Phi) is 9.28. The number of halogens is 4. The maximum Gasteiger partial charge on any atom is 0.416 e. The van der Waals surface area contributed by atoms with Gasteiger partial charge >= 0.3 is 6.18 Å². The van der Waals surface area contributed by atoms with E-state index in [0.717, 1.165) is 40.6 Å². The third-order valence-corrected chi connectivity index (χ3v) is 6.64. The second-order valence-electron chi connectivity index (χ2n) is 8.96. The van der Waals surface area contributed by atoms with Crippen LogP contribution in [-0.4, -0.2) is 26.3 Å². The molecule has 0 aliphatic heterocycles. The van der Waals surface area contributed by atoms with Crippen molar-refractivity contribution in [3.8, 4) is 0 Å². The van der Waals surface area contributed by atoms with Crippen molar-refractivity contribution in [2.45, 2.75) is 32.5 Å². The number of hydrogen-bond acceptors (Lipinski definition) is 4. The number of nitrogens with one attached hydrogen (secondary N) is 1. The van der Waals surface area contributed by atoms with Crippen LogP contribution in [-0.2, 0) is 32.2 Å². The van der Waals surface area contributed by atoms with E-state index in [1.54, 1.807) is 44.2 Å². The molecule has 0 aliphatic carbocycles. The number of nitrogens with zero attached hydrogens (tertiary/aromatic N) is 1. The molecule has 6 nitrogen and oxygen atoms in total. The Morgan fingerprint density at radius 1 is 0.949 bits per heavy atom. The molecule has 0 heterocycles. The fraction of sp³-hybridized carbons (Fsp3) is 0.214. The van der Waals surface area contributed by atoms with Gasteiger partial charge in [-0.2, -0.15) is 13.2 Å². The molecule has 1 atom stereocenters. The molecule has 0 spiro atoms. The van der Waals surface area contributed by atoms with E-state index in [1.807, 2.05) is 4.72 Å². The number of benzene rings is 3. The van der Waals surface area contributed by atoms with Crippen LogP contribution in [0.25, 0.3) is 6.08 Å². The van der Waals surface area contributed by atoms with Gasteiger partial charge in [0.15, 0.2) is 0 Å². The third-order valence-electron chi connectivity index (χ3n) is 5.66. The Hall–Kier alpha value is -3.99. The summed E-state index contributed by atoms with van der Waals surface area (Å²) in [5.74, 6) is -4.33. The summed E-state index contributed by atoms with van der Waals surface area (Å²) in [6.07, 6.45) is -3.74. The van der Waals surface area contributed by atoms with Gasteiger partial charge in [0.25, 0.3) is 10.0 Å².